The number of hydrogen-bond acceptors (Lipinski definition) is 2. The van der Waals surface area contributed by atoms with Gasteiger partial charge in [-0.15, -0.1) is 0 Å². The van der Waals surface area contributed by atoms with Crippen LogP contribution >= 0.6 is 11.6 Å². The second-order valence-corrected chi connectivity index (χ2v) is 7.08. The van der Waals surface area contributed by atoms with E-state index in [1.807, 2.05) is 27.7 Å². The molecule has 8 heteroatoms. The van der Waals surface area contributed by atoms with Crippen molar-refractivity contribution in [3.8, 4) is 0 Å². The zero-order chi connectivity index (χ0) is 19.4. The summed E-state index contributed by atoms with van der Waals surface area (Å²) in [5, 5.41) is 1.95. The van der Waals surface area contributed by atoms with E-state index in [1.165, 1.54) is 11.0 Å². The number of amides is 2. The molecular weight excluding hydrogens is 357 g/mol. The fourth-order valence-corrected chi connectivity index (χ4v) is 2.47. The van der Waals surface area contributed by atoms with Crippen LogP contribution in [0.5, 0.6) is 0 Å². The second kappa shape index (κ2) is 8.56. The molecule has 1 aromatic carbocycles. The number of anilines is 1. The zero-order valence-corrected chi connectivity index (χ0v) is 15.3. The SMILES string of the molecule is CC(C)CN(CC(C)C)C(=O)C(=O)Nc1ccc(Cl)cc1C(F)(F)F. The van der Waals surface area contributed by atoms with Gasteiger partial charge in [0.1, 0.15) is 0 Å². The monoisotopic (exact) mass is 378 g/mol. The van der Waals surface area contributed by atoms with Gasteiger partial charge in [-0.2, -0.15) is 13.2 Å². The van der Waals surface area contributed by atoms with Crippen LogP contribution in [0, 0.1) is 11.8 Å². The summed E-state index contributed by atoms with van der Waals surface area (Å²) in [4.78, 5) is 25.9. The normalized spacial score (nSPS) is 11.8. The largest absolute Gasteiger partial charge is 0.418 e. The molecule has 0 aliphatic carbocycles. The summed E-state index contributed by atoms with van der Waals surface area (Å²) in [6.45, 7) is 8.24. The van der Waals surface area contributed by atoms with Crippen LogP contribution in [-0.2, 0) is 15.8 Å². The van der Waals surface area contributed by atoms with Gasteiger partial charge in [-0.1, -0.05) is 39.3 Å². The third-order valence-electron chi connectivity index (χ3n) is 3.19. The Labute approximate surface area is 150 Å². The highest BCUT2D eigenvalue weighted by molar-refractivity contribution is 6.39. The topological polar surface area (TPSA) is 49.4 Å². The lowest BCUT2D eigenvalue weighted by Gasteiger charge is -2.26. The number of halogens is 4. The molecule has 25 heavy (non-hydrogen) atoms. The Kier molecular flexibility index (Phi) is 7.29. The molecule has 140 valence electrons. The molecule has 0 bridgehead atoms. The second-order valence-electron chi connectivity index (χ2n) is 6.64. The molecule has 0 heterocycles. The maximum Gasteiger partial charge on any atom is 0.418 e. The predicted octanol–water partition coefficient (Wildman–Crippen LogP) is 4.44. The van der Waals surface area contributed by atoms with Crippen molar-refractivity contribution in [2.45, 2.75) is 33.9 Å². The van der Waals surface area contributed by atoms with Crippen LogP contribution in [0.15, 0.2) is 18.2 Å². The first-order chi connectivity index (χ1) is 11.4. The first-order valence-electron chi connectivity index (χ1n) is 7.88. The van der Waals surface area contributed by atoms with Gasteiger partial charge in [0.2, 0.25) is 0 Å². The van der Waals surface area contributed by atoms with E-state index in [-0.39, 0.29) is 16.9 Å². The Balaban J connectivity index is 3.02. The third-order valence-corrected chi connectivity index (χ3v) is 3.42. The Bertz CT molecular complexity index is 621. The number of carbonyl (C=O) groups is 2. The van der Waals surface area contributed by atoms with Crippen LogP contribution < -0.4 is 5.32 Å². The summed E-state index contributed by atoms with van der Waals surface area (Å²) >= 11 is 5.60. The first-order valence-corrected chi connectivity index (χ1v) is 8.26. The predicted molar refractivity (Wildman–Crippen MR) is 91.3 cm³/mol. The number of nitrogens with zero attached hydrogens (tertiary/aromatic N) is 1. The summed E-state index contributed by atoms with van der Waals surface area (Å²) in [6.07, 6.45) is -4.70. The lowest BCUT2D eigenvalue weighted by Crippen LogP contribution is -2.43. The maximum absolute atomic E-state index is 13.1. The Hall–Kier alpha value is -1.76. The molecule has 0 atom stereocenters. The smallest absolute Gasteiger partial charge is 0.334 e. The van der Waals surface area contributed by atoms with E-state index in [0.29, 0.717) is 19.2 Å². The molecule has 0 radical (unpaired) electrons. The molecule has 0 unspecified atom stereocenters. The molecule has 0 saturated heterocycles. The molecular formula is C17H22ClF3N2O2. The first kappa shape index (κ1) is 21.3. The highest BCUT2D eigenvalue weighted by Crippen LogP contribution is 2.36. The van der Waals surface area contributed by atoms with Crippen molar-refractivity contribution in [1.82, 2.24) is 4.90 Å². The van der Waals surface area contributed by atoms with Crippen molar-refractivity contribution in [2.75, 3.05) is 18.4 Å². The molecule has 1 aromatic rings. The summed E-state index contributed by atoms with van der Waals surface area (Å²) < 4.78 is 39.2. The van der Waals surface area contributed by atoms with Gasteiger partial charge >= 0.3 is 18.0 Å². The summed E-state index contributed by atoms with van der Waals surface area (Å²) in [5.74, 6) is -1.71. The standard InChI is InChI=1S/C17H22ClF3N2O2/c1-10(2)8-23(9-11(3)4)16(25)15(24)22-14-6-5-12(18)7-13(14)17(19,20)21/h5-7,10-11H,8-9H2,1-4H3,(H,22,24). The molecule has 1 rings (SSSR count). The van der Waals surface area contributed by atoms with Crippen molar-refractivity contribution < 1.29 is 22.8 Å². The Morgan fingerprint density at radius 1 is 1.12 bits per heavy atom. The summed E-state index contributed by atoms with van der Waals surface area (Å²) in [6, 6.07) is 2.96. The third kappa shape index (κ3) is 6.57. The average molecular weight is 379 g/mol. The van der Waals surface area contributed by atoms with E-state index in [2.05, 4.69) is 5.32 Å². The number of rotatable bonds is 5. The molecule has 0 aromatic heterocycles. The van der Waals surface area contributed by atoms with Crippen molar-refractivity contribution >= 4 is 29.1 Å². The van der Waals surface area contributed by atoms with E-state index in [1.54, 1.807) is 0 Å². The van der Waals surface area contributed by atoms with E-state index in [0.717, 1.165) is 6.07 Å². The molecule has 4 nitrogen and oxygen atoms in total. The molecule has 0 saturated carbocycles. The molecule has 0 fully saturated rings. The van der Waals surface area contributed by atoms with Gasteiger partial charge in [0, 0.05) is 18.1 Å². The van der Waals surface area contributed by atoms with Gasteiger partial charge in [-0.3, -0.25) is 9.59 Å². The van der Waals surface area contributed by atoms with Crippen molar-refractivity contribution in [1.29, 1.82) is 0 Å². The number of benzene rings is 1. The minimum absolute atomic E-state index is 0.113. The van der Waals surface area contributed by atoms with Crippen LogP contribution in [0.4, 0.5) is 18.9 Å². The van der Waals surface area contributed by atoms with Gasteiger partial charge in [0.15, 0.2) is 0 Å². The van der Waals surface area contributed by atoms with Crippen LogP contribution in [0.2, 0.25) is 5.02 Å². The van der Waals surface area contributed by atoms with E-state index in [4.69, 9.17) is 11.6 Å². The van der Waals surface area contributed by atoms with Crippen LogP contribution in [-0.4, -0.2) is 29.8 Å². The highest BCUT2D eigenvalue weighted by Gasteiger charge is 2.35. The maximum atomic E-state index is 13.1. The minimum atomic E-state index is -4.70. The Morgan fingerprint density at radius 3 is 2.08 bits per heavy atom. The summed E-state index contributed by atoms with van der Waals surface area (Å²) in [5.41, 5.74) is -1.59. The Morgan fingerprint density at radius 2 is 1.64 bits per heavy atom. The minimum Gasteiger partial charge on any atom is -0.334 e. The lowest BCUT2D eigenvalue weighted by molar-refractivity contribution is -0.144. The fourth-order valence-electron chi connectivity index (χ4n) is 2.30. The van der Waals surface area contributed by atoms with Crippen molar-refractivity contribution in [2.24, 2.45) is 11.8 Å². The van der Waals surface area contributed by atoms with Gasteiger partial charge in [-0.05, 0) is 30.0 Å². The number of carbonyl (C=O) groups excluding carboxylic acids is 2. The number of alkyl halides is 3. The highest BCUT2D eigenvalue weighted by atomic mass is 35.5. The fraction of sp³-hybridized carbons (Fsp3) is 0.529. The van der Waals surface area contributed by atoms with Gasteiger partial charge in [0.05, 0.1) is 11.3 Å². The lowest BCUT2D eigenvalue weighted by atomic mass is 10.1. The van der Waals surface area contributed by atoms with Crippen LogP contribution in [0.1, 0.15) is 33.3 Å². The molecule has 0 spiro atoms. The molecule has 0 aliphatic rings. The average Bonchev–Trinajstić information content (AvgIpc) is 2.45. The van der Waals surface area contributed by atoms with E-state index in [9.17, 15) is 22.8 Å². The molecule has 1 N–H and O–H groups in total. The van der Waals surface area contributed by atoms with Crippen LogP contribution in [0.3, 0.4) is 0 Å². The number of hydrogen-bond donors (Lipinski definition) is 1. The zero-order valence-electron chi connectivity index (χ0n) is 14.6. The van der Waals surface area contributed by atoms with Crippen LogP contribution in [0.25, 0.3) is 0 Å². The van der Waals surface area contributed by atoms with E-state index < -0.39 is 29.2 Å². The van der Waals surface area contributed by atoms with Crippen molar-refractivity contribution in [3.63, 3.8) is 0 Å². The van der Waals surface area contributed by atoms with Gasteiger partial charge < -0.3 is 10.2 Å². The van der Waals surface area contributed by atoms with E-state index >= 15 is 0 Å². The number of nitrogens with one attached hydrogen (secondary N) is 1. The van der Waals surface area contributed by atoms with Crippen molar-refractivity contribution in [3.05, 3.63) is 28.8 Å². The summed E-state index contributed by atoms with van der Waals surface area (Å²) in [7, 11) is 0. The quantitative estimate of drug-likeness (QED) is 0.770. The molecule has 2 amide bonds. The van der Waals surface area contributed by atoms with Gasteiger partial charge in [-0.25, -0.2) is 0 Å². The van der Waals surface area contributed by atoms with Gasteiger partial charge in [0.25, 0.3) is 0 Å². The molecule has 0 aliphatic heterocycles.